The summed E-state index contributed by atoms with van der Waals surface area (Å²) in [6.45, 7) is 10.6. The first-order valence-corrected chi connectivity index (χ1v) is 10.4. The van der Waals surface area contributed by atoms with Crippen molar-refractivity contribution >= 4 is 23.2 Å². The number of nitrogens with two attached hydrogens (primary N) is 1. The Kier molecular flexibility index (Phi) is 8.40. The summed E-state index contributed by atoms with van der Waals surface area (Å²) in [5, 5.41) is 7.73. The van der Waals surface area contributed by atoms with Crippen LogP contribution in [0.4, 0.5) is 11.4 Å². The van der Waals surface area contributed by atoms with Crippen LogP contribution >= 0.6 is 0 Å². The van der Waals surface area contributed by atoms with Gasteiger partial charge in [0.25, 0.3) is 5.91 Å². The summed E-state index contributed by atoms with van der Waals surface area (Å²) in [5.41, 5.74) is 4.04. The minimum Gasteiger partial charge on any atom is -0.332 e. The predicted molar refractivity (Wildman–Crippen MR) is 119 cm³/mol. The van der Waals surface area contributed by atoms with Gasteiger partial charge >= 0.3 is 0 Å². The summed E-state index contributed by atoms with van der Waals surface area (Å²) in [6, 6.07) is 16.2. The van der Waals surface area contributed by atoms with Crippen LogP contribution in [0.3, 0.4) is 0 Å². The summed E-state index contributed by atoms with van der Waals surface area (Å²) in [5.74, 6) is 0.815. The van der Waals surface area contributed by atoms with Gasteiger partial charge in [0.1, 0.15) is 6.04 Å². The molecular formula is C24H34N3O2+. The minimum absolute atomic E-state index is 0.0425. The molecule has 0 heterocycles. The Morgan fingerprint density at radius 1 is 0.862 bits per heavy atom. The van der Waals surface area contributed by atoms with E-state index in [1.807, 2.05) is 0 Å². The van der Waals surface area contributed by atoms with Crippen molar-refractivity contribution in [1.82, 2.24) is 0 Å². The zero-order valence-corrected chi connectivity index (χ0v) is 18.2. The maximum atomic E-state index is 12.4. The molecule has 2 aromatic carbocycles. The molecule has 0 saturated heterocycles. The van der Waals surface area contributed by atoms with Gasteiger partial charge in [-0.15, -0.1) is 0 Å². The van der Waals surface area contributed by atoms with Gasteiger partial charge in [0.2, 0.25) is 5.91 Å². The molecule has 0 aliphatic rings. The Labute approximate surface area is 174 Å². The first-order valence-electron chi connectivity index (χ1n) is 10.4. The quantitative estimate of drug-likeness (QED) is 0.598. The van der Waals surface area contributed by atoms with Gasteiger partial charge in [-0.2, -0.15) is 0 Å². The number of benzene rings is 2. The van der Waals surface area contributed by atoms with E-state index in [0.717, 1.165) is 12.1 Å². The zero-order valence-electron chi connectivity index (χ0n) is 18.2. The predicted octanol–water partition coefficient (Wildman–Crippen LogP) is 4.06. The molecule has 2 amide bonds. The summed E-state index contributed by atoms with van der Waals surface area (Å²) in [7, 11) is 0. The SMILES string of the molecule is CC[C@H](C)c1ccc([C@@H]([NH2+]CC(=O)Nc2ccc(NC(C)=O)cc2)C(C)C)cc1. The number of hydrogen-bond acceptors (Lipinski definition) is 2. The van der Waals surface area contributed by atoms with E-state index < -0.39 is 0 Å². The van der Waals surface area contributed by atoms with Gasteiger partial charge < -0.3 is 16.0 Å². The molecular weight excluding hydrogens is 362 g/mol. The second kappa shape index (κ2) is 10.8. The molecule has 29 heavy (non-hydrogen) atoms. The highest BCUT2D eigenvalue weighted by Crippen LogP contribution is 2.23. The molecule has 156 valence electrons. The van der Waals surface area contributed by atoms with Crippen LogP contribution in [0.2, 0.25) is 0 Å². The van der Waals surface area contributed by atoms with Crippen LogP contribution in [0.5, 0.6) is 0 Å². The van der Waals surface area contributed by atoms with Gasteiger partial charge in [0.15, 0.2) is 6.54 Å². The summed E-state index contributed by atoms with van der Waals surface area (Å²) >= 11 is 0. The van der Waals surface area contributed by atoms with E-state index in [1.165, 1.54) is 18.1 Å². The average molecular weight is 397 g/mol. The van der Waals surface area contributed by atoms with Crippen LogP contribution in [0, 0.1) is 5.92 Å². The standard InChI is InChI=1S/C24H33N3O2/c1-6-17(4)19-7-9-20(10-8-19)24(16(2)3)25-15-23(29)27-22-13-11-21(12-14-22)26-18(5)28/h7-14,16-17,24-25H,6,15H2,1-5H3,(H,26,28)(H,27,29)/p+1/t17-,24-/m0/s1. The Bertz CT molecular complexity index is 798. The monoisotopic (exact) mass is 396 g/mol. The highest BCUT2D eigenvalue weighted by molar-refractivity contribution is 5.92. The van der Waals surface area contributed by atoms with Crippen LogP contribution < -0.4 is 16.0 Å². The maximum absolute atomic E-state index is 12.4. The van der Waals surface area contributed by atoms with Crippen LogP contribution in [-0.4, -0.2) is 18.4 Å². The van der Waals surface area contributed by atoms with Crippen molar-refractivity contribution in [3.8, 4) is 0 Å². The van der Waals surface area contributed by atoms with Gasteiger partial charge in [-0.05, 0) is 42.2 Å². The number of carbonyl (C=O) groups is 2. The lowest BCUT2D eigenvalue weighted by atomic mass is 9.92. The van der Waals surface area contributed by atoms with E-state index in [2.05, 4.69) is 67.9 Å². The molecule has 0 radical (unpaired) electrons. The topological polar surface area (TPSA) is 74.8 Å². The summed E-state index contributed by atoms with van der Waals surface area (Å²) < 4.78 is 0. The van der Waals surface area contributed by atoms with E-state index in [0.29, 0.717) is 24.1 Å². The smallest absolute Gasteiger partial charge is 0.279 e. The van der Waals surface area contributed by atoms with Gasteiger partial charge in [-0.25, -0.2) is 0 Å². The van der Waals surface area contributed by atoms with Crippen molar-refractivity contribution < 1.29 is 14.9 Å². The van der Waals surface area contributed by atoms with Crippen LogP contribution in [0.25, 0.3) is 0 Å². The Morgan fingerprint density at radius 3 is 1.86 bits per heavy atom. The second-order valence-electron chi connectivity index (χ2n) is 7.99. The molecule has 0 saturated carbocycles. The van der Waals surface area contributed by atoms with Crippen molar-refractivity contribution in [1.29, 1.82) is 0 Å². The zero-order chi connectivity index (χ0) is 21.4. The number of carbonyl (C=O) groups excluding carboxylic acids is 2. The van der Waals surface area contributed by atoms with Gasteiger partial charge in [-0.1, -0.05) is 52.0 Å². The highest BCUT2D eigenvalue weighted by atomic mass is 16.2. The number of amides is 2. The minimum atomic E-state index is -0.117. The van der Waals surface area contributed by atoms with Crippen molar-refractivity contribution in [2.75, 3.05) is 17.2 Å². The lowest BCUT2D eigenvalue weighted by molar-refractivity contribution is -0.692. The fourth-order valence-electron chi connectivity index (χ4n) is 3.36. The number of anilines is 2. The fraction of sp³-hybridized carbons (Fsp3) is 0.417. The van der Waals surface area contributed by atoms with E-state index >= 15 is 0 Å². The molecule has 0 fully saturated rings. The molecule has 2 rings (SSSR count). The Hall–Kier alpha value is -2.66. The first-order chi connectivity index (χ1) is 13.8. The summed E-state index contributed by atoms with van der Waals surface area (Å²) in [6.07, 6.45) is 1.13. The second-order valence-corrected chi connectivity index (χ2v) is 7.99. The fourth-order valence-corrected chi connectivity index (χ4v) is 3.36. The molecule has 5 nitrogen and oxygen atoms in total. The number of quaternary nitrogens is 1. The molecule has 0 aliphatic carbocycles. The van der Waals surface area contributed by atoms with Gasteiger partial charge in [0, 0.05) is 29.8 Å². The molecule has 0 bridgehead atoms. The lowest BCUT2D eigenvalue weighted by Gasteiger charge is -2.20. The normalized spacial score (nSPS) is 13.0. The Morgan fingerprint density at radius 2 is 1.38 bits per heavy atom. The van der Waals surface area contributed by atoms with Crippen molar-refractivity contribution in [3.05, 3.63) is 59.7 Å². The molecule has 2 atom stereocenters. The molecule has 0 aliphatic heterocycles. The van der Waals surface area contributed by atoms with Crippen molar-refractivity contribution in [2.24, 2.45) is 5.92 Å². The lowest BCUT2D eigenvalue weighted by Crippen LogP contribution is -2.88. The van der Waals surface area contributed by atoms with E-state index in [1.54, 1.807) is 24.3 Å². The van der Waals surface area contributed by atoms with Crippen molar-refractivity contribution in [3.63, 3.8) is 0 Å². The third-order valence-corrected chi connectivity index (χ3v) is 5.27. The van der Waals surface area contributed by atoms with Gasteiger partial charge in [0.05, 0.1) is 0 Å². The summed E-state index contributed by atoms with van der Waals surface area (Å²) in [4.78, 5) is 23.5. The molecule has 2 aromatic rings. The maximum Gasteiger partial charge on any atom is 0.279 e. The molecule has 0 spiro atoms. The number of nitrogens with one attached hydrogen (secondary N) is 2. The van der Waals surface area contributed by atoms with Gasteiger partial charge in [-0.3, -0.25) is 9.59 Å². The van der Waals surface area contributed by atoms with Crippen LogP contribution in [0.15, 0.2) is 48.5 Å². The van der Waals surface area contributed by atoms with Crippen LogP contribution in [-0.2, 0) is 9.59 Å². The molecule has 4 N–H and O–H groups in total. The number of rotatable bonds is 9. The molecule has 0 aromatic heterocycles. The average Bonchev–Trinajstić information content (AvgIpc) is 2.69. The molecule has 0 unspecified atom stereocenters. The molecule has 5 heteroatoms. The highest BCUT2D eigenvalue weighted by Gasteiger charge is 2.20. The third kappa shape index (κ3) is 7.02. The largest absolute Gasteiger partial charge is 0.332 e. The third-order valence-electron chi connectivity index (χ3n) is 5.27. The van der Waals surface area contributed by atoms with E-state index in [-0.39, 0.29) is 17.9 Å². The van der Waals surface area contributed by atoms with Crippen molar-refractivity contribution in [2.45, 2.75) is 53.0 Å². The Balaban J connectivity index is 1.94. The van der Waals surface area contributed by atoms with Crippen LogP contribution in [0.1, 0.15) is 64.1 Å². The number of hydrogen-bond donors (Lipinski definition) is 3. The first kappa shape index (κ1) is 22.6. The van der Waals surface area contributed by atoms with E-state index in [4.69, 9.17) is 0 Å². The van der Waals surface area contributed by atoms with E-state index in [9.17, 15) is 9.59 Å².